The zero-order valence-electron chi connectivity index (χ0n) is 17.9. The van der Waals surface area contributed by atoms with Gasteiger partial charge in [0.1, 0.15) is 17.4 Å². The molecule has 1 aliphatic rings. The van der Waals surface area contributed by atoms with Crippen molar-refractivity contribution in [3.8, 4) is 0 Å². The van der Waals surface area contributed by atoms with Gasteiger partial charge in [-0.1, -0.05) is 49.7 Å². The number of aromatic amines is 1. The number of nitrogens with one attached hydrogen (secondary N) is 1. The van der Waals surface area contributed by atoms with Gasteiger partial charge >= 0.3 is 0 Å². The van der Waals surface area contributed by atoms with Crippen molar-refractivity contribution in [2.24, 2.45) is 0 Å². The first-order valence-corrected chi connectivity index (χ1v) is 10.4. The minimum absolute atomic E-state index is 0.0585. The number of hydrogen-bond donors (Lipinski definition) is 1. The van der Waals surface area contributed by atoms with Crippen molar-refractivity contribution in [1.82, 2.24) is 15.0 Å². The van der Waals surface area contributed by atoms with Gasteiger partial charge in [-0.15, -0.1) is 0 Å². The van der Waals surface area contributed by atoms with Gasteiger partial charge in [0.25, 0.3) is 0 Å². The zero-order valence-corrected chi connectivity index (χ0v) is 17.9. The average molecular weight is 385 g/mol. The van der Waals surface area contributed by atoms with Crippen molar-refractivity contribution >= 4 is 27.8 Å². The van der Waals surface area contributed by atoms with E-state index in [1.807, 2.05) is 0 Å². The van der Waals surface area contributed by atoms with E-state index in [0.717, 1.165) is 40.7 Å². The molecule has 0 bridgehead atoms. The predicted octanol–water partition coefficient (Wildman–Crippen LogP) is 5.89. The van der Waals surface area contributed by atoms with E-state index in [4.69, 9.17) is 4.98 Å². The van der Waals surface area contributed by atoms with Crippen molar-refractivity contribution in [3.63, 3.8) is 0 Å². The molecule has 0 saturated carbocycles. The van der Waals surface area contributed by atoms with Crippen LogP contribution in [-0.4, -0.2) is 20.5 Å². The maximum atomic E-state index is 4.79. The number of rotatable bonds is 1. The molecule has 5 rings (SSSR count). The average Bonchev–Trinajstić information content (AvgIpc) is 3.00. The van der Waals surface area contributed by atoms with Gasteiger partial charge in [0.2, 0.25) is 0 Å². The number of fused-ring (bicyclic) bond motifs is 4. The summed E-state index contributed by atoms with van der Waals surface area (Å²) in [6, 6.07) is 15.3. The van der Waals surface area contributed by atoms with Crippen molar-refractivity contribution in [1.29, 1.82) is 0 Å². The highest BCUT2D eigenvalue weighted by atomic mass is 15.3. The molecule has 4 aromatic rings. The minimum atomic E-state index is -0.0585. The molecule has 0 atom stereocenters. The highest BCUT2D eigenvalue weighted by molar-refractivity contribution is 6.08. The Hall–Kier alpha value is -2.88. The molecule has 4 nitrogen and oxygen atoms in total. The number of benzene rings is 2. The van der Waals surface area contributed by atoms with Crippen LogP contribution in [0.1, 0.15) is 50.8 Å². The molecule has 2 aromatic heterocycles. The molecule has 0 spiro atoms. The Bertz CT molecular complexity index is 1230. The molecule has 0 radical (unpaired) electrons. The number of H-pyrrole nitrogens is 1. The monoisotopic (exact) mass is 384 g/mol. The summed E-state index contributed by atoms with van der Waals surface area (Å²) in [6.45, 7) is 12.4. The van der Waals surface area contributed by atoms with Crippen molar-refractivity contribution in [2.75, 3.05) is 4.90 Å². The van der Waals surface area contributed by atoms with Crippen LogP contribution in [0.25, 0.3) is 21.9 Å². The molecule has 4 heteroatoms. The van der Waals surface area contributed by atoms with E-state index in [0.29, 0.717) is 0 Å². The molecular weight excluding hydrogens is 356 g/mol. The fraction of sp³-hybridized carbons (Fsp3) is 0.360. The Morgan fingerprint density at radius 1 is 1.00 bits per heavy atom. The van der Waals surface area contributed by atoms with Crippen molar-refractivity contribution in [3.05, 3.63) is 65.5 Å². The van der Waals surface area contributed by atoms with Crippen LogP contribution in [0.2, 0.25) is 0 Å². The predicted molar refractivity (Wildman–Crippen MR) is 120 cm³/mol. The quantitative estimate of drug-likeness (QED) is 0.445. The van der Waals surface area contributed by atoms with Crippen molar-refractivity contribution in [2.45, 2.75) is 58.5 Å². The highest BCUT2D eigenvalue weighted by Gasteiger charge is 2.40. The van der Waals surface area contributed by atoms with Gasteiger partial charge in [-0.2, -0.15) is 0 Å². The zero-order chi connectivity index (χ0) is 20.4. The Labute approximate surface area is 172 Å². The molecule has 3 heterocycles. The van der Waals surface area contributed by atoms with E-state index in [9.17, 15) is 0 Å². The third-order valence-electron chi connectivity index (χ3n) is 6.45. The van der Waals surface area contributed by atoms with E-state index in [-0.39, 0.29) is 11.0 Å². The third-order valence-corrected chi connectivity index (χ3v) is 6.45. The SMILES string of the molecule is Cc1ccc2[nH]c3c(N4Cc5ccccc5C(C)(C)CC4(C)C)ncnc3c2c1. The van der Waals surface area contributed by atoms with E-state index in [1.165, 1.54) is 16.7 Å². The van der Waals surface area contributed by atoms with Gasteiger partial charge in [-0.3, -0.25) is 0 Å². The van der Waals surface area contributed by atoms with Crippen LogP contribution < -0.4 is 4.90 Å². The van der Waals surface area contributed by atoms with Crippen LogP contribution in [0.3, 0.4) is 0 Å². The third kappa shape index (κ3) is 2.81. The topological polar surface area (TPSA) is 44.8 Å². The molecule has 29 heavy (non-hydrogen) atoms. The first kappa shape index (κ1) is 18.2. The molecule has 0 aliphatic carbocycles. The summed E-state index contributed by atoms with van der Waals surface area (Å²) in [5.41, 5.74) is 7.23. The summed E-state index contributed by atoms with van der Waals surface area (Å²) in [5, 5.41) is 1.16. The lowest BCUT2D eigenvalue weighted by Crippen LogP contribution is -2.45. The van der Waals surface area contributed by atoms with Crippen LogP contribution in [0.5, 0.6) is 0 Å². The molecule has 0 amide bonds. The second-order valence-corrected chi connectivity index (χ2v) is 9.71. The molecule has 1 N–H and O–H groups in total. The molecular formula is C25H28N4. The largest absolute Gasteiger partial charge is 0.350 e. The second-order valence-electron chi connectivity index (χ2n) is 9.71. The Morgan fingerprint density at radius 3 is 2.62 bits per heavy atom. The van der Waals surface area contributed by atoms with E-state index >= 15 is 0 Å². The van der Waals surface area contributed by atoms with E-state index < -0.39 is 0 Å². The van der Waals surface area contributed by atoms with Crippen LogP contribution in [-0.2, 0) is 12.0 Å². The first-order chi connectivity index (χ1) is 13.8. The molecule has 2 aromatic carbocycles. The second kappa shape index (κ2) is 6.06. The lowest BCUT2D eigenvalue weighted by molar-refractivity contribution is 0.340. The smallest absolute Gasteiger partial charge is 0.157 e. The summed E-state index contributed by atoms with van der Waals surface area (Å²) in [7, 11) is 0. The van der Waals surface area contributed by atoms with Crippen molar-refractivity contribution < 1.29 is 0 Å². The molecule has 0 fully saturated rings. The fourth-order valence-electron chi connectivity index (χ4n) is 5.33. The summed E-state index contributed by atoms with van der Waals surface area (Å²) < 4.78 is 0. The molecule has 0 saturated heterocycles. The Kier molecular flexibility index (Phi) is 3.79. The Balaban J connectivity index is 1.74. The van der Waals surface area contributed by atoms with Crippen LogP contribution in [0.4, 0.5) is 5.82 Å². The van der Waals surface area contributed by atoms with E-state index in [1.54, 1.807) is 6.33 Å². The summed E-state index contributed by atoms with van der Waals surface area (Å²) in [5.74, 6) is 0.987. The standard InChI is InChI=1S/C25H28N4/c1-16-10-11-20-18(12-16)21-22(28-20)23(27-15-26-21)29-13-17-8-6-7-9-19(17)24(2,3)14-25(29,4)5/h6-12,15,28H,13-14H2,1-5H3. The van der Waals surface area contributed by atoms with E-state index in [2.05, 4.69) is 92.0 Å². The molecule has 1 aliphatic heterocycles. The molecule has 0 unspecified atom stereocenters. The first-order valence-electron chi connectivity index (χ1n) is 10.4. The minimum Gasteiger partial charge on any atom is -0.350 e. The number of aryl methyl sites for hydroxylation is 1. The number of anilines is 1. The number of aromatic nitrogens is 3. The van der Waals surface area contributed by atoms with Crippen LogP contribution >= 0.6 is 0 Å². The summed E-state index contributed by atoms with van der Waals surface area (Å²) in [6.07, 6.45) is 2.76. The lowest BCUT2D eigenvalue weighted by Gasteiger charge is -2.41. The van der Waals surface area contributed by atoms with Crippen LogP contribution in [0, 0.1) is 6.92 Å². The van der Waals surface area contributed by atoms with Gasteiger partial charge in [-0.05, 0) is 55.9 Å². The lowest BCUT2D eigenvalue weighted by atomic mass is 9.75. The fourth-order valence-corrected chi connectivity index (χ4v) is 5.33. The van der Waals surface area contributed by atoms with Gasteiger partial charge in [0.15, 0.2) is 5.82 Å². The van der Waals surface area contributed by atoms with Gasteiger partial charge < -0.3 is 9.88 Å². The van der Waals surface area contributed by atoms with Gasteiger partial charge in [0.05, 0.1) is 0 Å². The Morgan fingerprint density at radius 2 is 1.79 bits per heavy atom. The number of hydrogen-bond acceptors (Lipinski definition) is 3. The maximum Gasteiger partial charge on any atom is 0.157 e. The summed E-state index contributed by atoms with van der Waals surface area (Å²) in [4.78, 5) is 15.5. The molecule has 148 valence electrons. The van der Waals surface area contributed by atoms with Gasteiger partial charge in [0, 0.05) is 23.0 Å². The normalized spacial score (nSPS) is 18.0. The van der Waals surface area contributed by atoms with Gasteiger partial charge in [-0.25, -0.2) is 9.97 Å². The summed E-state index contributed by atoms with van der Waals surface area (Å²) >= 11 is 0. The number of nitrogens with zero attached hydrogens (tertiary/aromatic N) is 3. The highest BCUT2D eigenvalue weighted by Crippen LogP contribution is 2.44. The maximum absolute atomic E-state index is 4.79. The van der Waals surface area contributed by atoms with Crippen LogP contribution in [0.15, 0.2) is 48.8 Å².